The predicted molar refractivity (Wildman–Crippen MR) is 93.6 cm³/mol. The lowest BCUT2D eigenvalue weighted by Gasteiger charge is -2.14. The Labute approximate surface area is 152 Å². The Morgan fingerprint density at radius 2 is 1.83 bits per heavy atom. The van der Waals surface area contributed by atoms with E-state index in [-0.39, 0.29) is 10.9 Å². The molecule has 0 amide bonds. The Kier molecular flexibility index (Phi) is 6.26. The van der Waals surface area contributed by atoms with Crippen LogP contribution in [0.1, 0.15) is 11.1 Å². The van der Waals surface area contributed by atoms with Crippen LogP contribution >= 0.6 is 35.4 Å². The largest absolute Gasteiger partial charge is 0.419 e. The first-order valence-electron chi connectivity index (χ1n) is 6.78. The van der Waals surface area contributed by atoms with Crippen molar-refractivity contribution in [3.05, 3.63) is 57.7 Å². The van der Waals surface area contributed by atoms with E-state index in [0.29, 0.717) is 23.0 Å². The smallest absolute Gasteiger partial charge is 0.362 e. The molecule has 0 aliphatic heterocycles. The average Bonchev–Trinajstić information content (AvgIpc) is 2.45. The van der Waals surface area contributed by atoms with Gasteiger partial charge in [-0.05, 0) is 54.5 Å². The quantitative estimate of drug-likeness (QED) is 0.721. The molecule has 3 nitrogen and oxygen atoms in total. The van der Waals surface area contributed by atoms with Crippen molar-refractivity contribution in [2.24, 2.45) is 0 Å². The summed E-state index contributed by atoms with van der Waals surface area (Å²) in [6, 6.07) is 7.28. The van der Waals surface area contributed by atoms with Gasteiger partial charge in [0, 0.05) is 22.8 Å². The van der Waals surface area contributed by atoms with Gasteiger partial charge in [-0.1, -0.05) is 23.2 Å². The number of alkyl halides is 3. The van der Waals surface area contributed by atoms with Crippen LogP contribution in [0.2, 0.25) is 10.0 Å². The zero-order valence-electron chi connectivity index (χ0n) is 12.1. The first-order valence-corrected chi connectivity index (χ1v) is 7.94. The normalized spacial score (nSPS) is 11.2. The maximum absolute atomic E-state index is 12.9. The van der Waals surface area contributed by atoms with Gasteiger partial charge in [0.2, 0.25) is 0 Å². The summed E-state index contributed by atoms with van der Waals surface area (Å²) in [7, 11) is 0. The molecule has 0 aliphatic rings. The summed E-state index contributed by atoms with van der Waals surface area (Å²) in [6.07, 6.45) is -2.70. The second kappa shape index (κ2) is 8.00. The van der Waals surface area contributed by atoms with E-state index < -0.39 is 11.7 Å². The van der Waals surface area contributed by atoms with E-state index in [9.17, 15) is 13.2 Å². The number of rotatable bonds is 4. The van der Waals surface area contributed by atoms with Gasteiger partial charge in [-0.2, -0.15) is 13.2 Å². The highest BCUT2D eigenvalue weighted by Gasteiger charge is 2.34. The molecule has 1 aromatic carbocycles. The van der Waals surface area contributed by atoms with E-state index in [0.717, 1.165) is 11.6 Å². The van der Waals surface area contributed by atoms with Crippen molar-refractivity contribution in [1.82, 2.24) is 10.3 Å². The van der Waals surface area contributed by atoms with Gasteiger partial charge >= 0.3 is 6.18 Å². The number of pyridine rings is 1. The van der Waals surface area contributed by atoms with Crippen molar-refractivity contribution < 1.29 is 13.2 Å². The number of nitrogens with zero attached hydrogens (tertiary/aromatic N) is 1. The van der Waals surface area contributed by atoms with E-state index in [2.05, 4.69) is 15.6 Å². The molecule has 0 atom stereocenters. The highest BCUT2D eigenvalue weighted by atomic mass is 35.5. The van der Waals surface area contributed by atoms with Crippen LogP contribution in [-0.4, -0.2) is 16.6 Å². The molecule has 0 saturated carbocycles. The van der Waals surface area contributed by atoms with Crippen LogP contribution in [0.5, 0.6) is 0 Å². The number of hydrogen-bond donors (Lipinski definition) is 2. The molecule has 2 rings (SSSR count). The number of halogens is 5. The molecule has 0 aliphatic carbocycles. The van der Waals surface area contributed by atoms with Crippen LogP contribution < -0.4 is 10.6 Å². The molecular formula is C15H12Cl2F3N3S. The Bertz CT molecular complexity index is 718. The van der Waals surface area contributed by atoms with Crippen LogP contribution in [0.25, 0.3) is 0 Å². The number of thiocarbonyl (C=S) groups is 1. The van der Waals surface area contributed by atoms with Crippen molar-refractivity contribution in [2.45, 2.75) is 12.6 Å². The Morgan fingerprint density at radius 1 is 1.17 bits per heavy atom. The molecule has 0 radical (unpaired) electrons. The van der Waals surface area contributed by atoms with Crippen LogP contribution in [0, 0.1) is 0 Å². The van der Waals surface area contributed by atoms with Crippen LogP contribution in [0.15, 0.2) is 36.5 Å². The third kappa shape index (κ3) is 5.51. The highest BCUT2D eigenvalue weighted by Crippen LogP contribution is 2.33. The fraction of sp³-hybridized carbons (Fsp3) is 0.200. The van der Waals surface area contributed by atoms with Crippen molar-refractivity contribution in [3.63, 3.8) is 0 Å². The van der Waals surface area contributed by atoms with Gasteiger partial charge in [0.1, 0.15) is 5.82 Å². The molecule has 2 N–H and O–H groups in total. The van der Waals surface area contributed by atoms with E-state index >= 15 is 0 Å². The molecular weight excluding hydrogens is 382 g/mol. The minimum Gasteiger partial charge on any atom is -0.362 e. The van der Waals surface area contributed by atoms with Crippen molar-refractivity contribution >= 4 is 46.4 Å². The van der Waals surface area contributed by atoms with Gasteiger partial charge in [-0.15, -0.1) is 0 Å². The third-order valence-corrected chi connectivity index (χ3v) is 3.65. The number of nitrogens with one attached hydrogen (secondary N) is 2. The molecule has 0 fully saturated rings. The zero-order valence-corrected chi connectivity index (χ0v) is 14.5. The Morgan fingerprint density at radius 3 is 2.46 bits per heavy atom. The summed E-state index contributed by atoms with van der Waals surface area (Å²) in [6.45, 7) is 0.399. The number of benzene rings is 1. The molecule has 1 aromatic heterocycles. The molecule has 9 heteroatoms. The summed E-state index contributed by atoms with van der Waals surface area (Å²) in [5.74, 6) is -0.340. The SMILES string of the molecule is FC(F)(F)c1cccnc1NC(=S)NCCc1cc(Cl)cc(Cl)c1. The summed E-state index contributed by atoms with van der Waals surface area (Å²) in [5.41, 5.74) is 0.00684. The first-order chi connectivity index (χ1) is 11.3. The molecule has 0 spiro atoms. The summed E-state index contributed by atoms with van der Waals surface area (Å²) < 4.78 is 38.6. The molecule has 2 aromatic rings. The van der Waals surface area contributed by atoms with E-state index in [4.69, 9.17) is 35.4 Å². The predicted octanol–water partition coefficient (Wildman–Crippen LogP) is 4.94. The molecule has 24 heavy (non-hydrogen) atoms. The van der Waals surface area contributed by atoms with Crippen molar-refractivity contribution in [3.8, 4) is 0 Å². The van der Waals surface area contributed by atoms with Gasteiger partial charge in [0.25, 0.3) is 0 Å². The standard InChI is InChI=1S/C15H12Cl2F3N3S/c16-10-6-9(7-11(17)8-10)3-5-22-14(24)23-13-12(15(18,19)20)2-1-4-21-13/h1-2,4,6-8H,3,5H2,(H2,21,22,23,24). The maximum Gasteiger partial charge on any atom is 0.419 e. The van der Waals surface area contributed by atoms with Crippen LogP contribution in [0.3, 0.4) is 0 Å². The van der Waals surface area contributed by atoms with Gasteiger partial charge in [0.15, 0.2) is 5.11 Å². The monoisotopic (exact) mass is 393 g/mol. The average molecular weight is 394 g/mol. The van der Waals surface area contributed by atoms with Crippen molar-refractivity contribution in [2.75, 3.05) is 11.9 Å². The molecule has 0 bridgehead atoms. The molecule has 0 saturated heterocycles. The molecule has 1 heterocycles. The van der Waals surface area contributed by atoms with Crippen molar-refractivity contribution in [1.29, 1.82) is 0 Å². The summed E-state index contributed by atoms with van der Waals surface area (Å²) in [4.78, 5) is 3.68. The van der Waals surface area contributed by atoms with E-state index in [1.54, 1.807) is 18.2 Å². The third-order valence-electron chi connectivity index (χ3n) is 2.97. The Balaban J connectivity index is 1.92. The van der Waals surface area contributed by atoms with Gasteiger partial charge in [0.05, 0.1) is 5.56 Å². The maximum atomic E-state index is 12.9. The summed E-state index contributed by atoms with van der Waals surface area (Å²) >= 11 is 16.8. The van der Waals surface area contributed by atoms with Crippen LogP contribution in [-0.2, 0) is 12.6 Å². The highest BCUT2D eigenvalue weighted by molar-refractivity contribution is 7.80. The first kappa shape index (κ1) is 18.8. The zero-order chi connectivity index (χ0) is 17.7. The topological polar surface area (TPSA) is 37.0 Å². The van der Waals surface area contributed by atoms with E-state index in [1.165, 1.54) is 12.3 Å². The second-order valence-electron chi connectivity index (χ2n) is 4.81. The molecule has 0 unspecified atom stereocenters. The van der Waals surface area contributed by atoms with Gasteiger partial charge < -0.3 is 10.6 Å². The van der Waals surface area contributed by atoms with Crippen LogP contribution in [0.4, 0.5) is 19.0 Å². The fourth-order valence-corrected chi connectivity index (χ4v) is 2.73. The van der Waals surface area contributed by atoms with E-state index in [1.807, 2.05) is 0 Å². The number of anilines is 1. The minimum absolute atomic E-state index is 0.0484. The lowest BCUT2D eigenvalue weighted by molar-refractivity contribution is -0.137. The lowest BCUT2D eigenvalue weighted by atomic mass is 10.1. The van der Waals surface area contributed by atoms with Gasteiger partial charge in [-0.25, -0.2) is 4.98 Å². The van der Waals surface area contributed by atoms with Gasteiger partial charge in [-0.3, -0.25) is 0 Å². The fourth-order valence-electron chi connectivity index (χ4n) is 1.96. The summed E-state index contributed by atoms with van der Waals surface area (Å²) in [5, 5.41) is 6.37. The number of hydrogen-bond acceptors (Lipinski definition) is 2. The second-order valence-corrected chi connectivity index (χ2v) is 6.09. The lowest BCUT2D eigenvalue weighted by Crippen LogP contribution is -2.31. The number of aromatic nitrogens is 1. The molecule has 128 valence electrons. The minimum atomic E-state index is -4.51. The Hall–Kier alpha value is -1.57.